The minimum absolute atomic E-state index is 0.0676. The number of aromatic nitrogens is 2. The first-order valence-electron chi connectivity index (χ1n) is 6.35. The topological polar surface area (TPSA) is 63.8 Å². The Morgan fingerprint density at radius 2 is 1.78 bits per heavy atom. The van der Waals surface area contributed by atoms with Gasteiger partial charge in [0.15, 0.2) is 5.82 Å². The van der Waals surface area contributed by atoms with Crippen molar-refractivity contribution in [3.8, 4) is 0 Å². The molecule has 0 bridgehead atoms. The van der Waals surface area contributed by atoms with Crippen LogP contribution in [0.2, 0.25) is 5.02 Å². The van der Waals surface area contributed by atoms with E-state index in [9.17, 15) is 13.2 Å². The van der Waals surface area contributed by atoms with Crippen molar-refractivity contribution >= 4 is 29.6 Å². The van der Waals surface area contributed by atoms with Crippen LogP contribution in [0, 0.1) is 0 Å². The van der Waals surface area contributed by atoms with Crippen LogP contribution in [0.3, 0.4) is 0 Å². The highest BCUT2D eigenvalue weighted by Crippen LogP contribution is 2.35. The normalized spacial score (nSPS) is 13.4. The number of benzene rings is 1. The fourth-order valence-corrected chi connectivity index (χ4v) is 2.52. The van der Waals surface area contributed by atoms with Crippen LogP contribution in [0.15, 0.2) is 47.8 Å². The predicted octanol–water partition coefficient (Wildman–Crippen LogP) is 3.96. The Balaban J connectivity index is 2.11. The van der Waals surface area contributed by atoms with Gasteiger partial charge in [0.05, 0.1) is 4.90 Å². The van der Waals surface area contributed by atoms with Gasteiger partial charge in [-0.3, -0.25) is 0 Å². The fourth-order valence-electron chi connectivity index (χ4n) is 1.66. The summed E-state index contributed by atoms with van der Waals surface area (Å²) in [5.41, 5.74) is 5.27. The summed E-state index contributed by atoms with van der Waals surface area (Å²) in [6, 6.07) is 3.66. The number of hydrogen-bond donors (Lipinski definition) is 2. The SMILES string of the molecule is N/C=C\c1ncc(SN[C@H](c2ccc(Cl)cc2)C(F)(F)F)cn1. The second-order valence-electron chi connectivity index (χ2n) is 4.38. The van der Waals surface area contributed by atoms with E-state index in [1.807, 2.05) is 0 Å². The van der Waals surface area contributed by atoms with Gasteiger partial charge in [-0.1, -0.05) is 23.7 Å². The summed E-state index contributed by atoms with van der Waals surface area (Å²) in [5, 5.41) is 0.374. The molecule has 0 fully saturated rings. The third-order valence-corrected chi connectivity index (χ3v) is 3.77. The Labute approximate surface area is 140 Å². The van der Waals surface area contributed by atoms with Crippen molar-refractivity contribution in [2.75, 3.05) is 0 Å². The van der Waals surface area contributed by atoms with Gasteiger partial charge in [-0.05, 0) is 41.9 Å². The zero-order valence-electron chi connectivity index (χ0n) is 11.6. The summed E-state index contributed by atoms with van der Waals surface area (Å²) in [6.45, 7) is 0. The van der Waals surface area contributed by atoms with E-state index in [0.29, 0.717) is 15.7 Å². The minimum Gasteiger partial charge on any atom is -0.404 e. The molecule has 1 aromatic carbocycles. The Hall–Kier alpha value is -1.77. The summed E-state index contributed by atoms with van der Waals surface area (Å²) in [5.74, 6) is 0.377. The van der Waals surface area contributed by atoms with E-state index in [-0.39, 0.29) is 5.56 Å². The quantitative estimate of drug-likeness (QED) is 0.790. The molecule has 9 heteroatoms. The number of nitrogens with zero attached hydrogens (tertiary/aromatic N) is 2. The number of halogens is 4. The zero-order chi connectivity index (χ0) is 16.9. The molecule has 0 amide bonds. The Bertz CT molecular complexity index is 659. The molecule has 0 saturated heterocycles. The highest BCUT2D eigenvalue weighted by molar-refractivity contribution is 7.97. The average Bonchev–Trinajstić information content (AvgIpc) is 2.50. The molecule has 0 unspecified atom stereocenters. The lowest BCUT2D eigenvalue weighted by Crippen LogP contribution is -2.30. The molecule has 23 heavy (non-hydrogen) atoms. The van der Waals surface area contributed by atoms with Crippen LogP contribution < -0.4 is 10.5 Å². The number of nitrogens with two attached hydrogens (primary N) is 1. The molecule has 0 aliphatic rings. The molecule has 0 saturated carbocycles. The van der Waals surface area contributed by atoms with Crippen LogP contribution in [0.4, 0.5) is 13.2 Å². The Kier molecular flexibility index (Phi) is 5.86. The molecule has 0 spiro atoms. The van der Waals surface area contributed by atoms with Gasteiger partial charge in [-0.2, -0.15) is 13.2 Å². The van der Waals surface area contributed by atoms with E-state index in [1.165, 1.54) is 48.9 Å². The van der Waals surface area contributed by atoms with Crippen LogP contribution in [0.5, 0.6) is 0 Å². The summed E-state index contributed by atoms with van der Waals surface area (Å²) >= 11 is 6.50. The van der Waals surface area contributed by atoms with Gasteiger partial charge in [0.25, 0.3) is 0 Å². The molecule has 4 nitrogen and oxygen atoms in total. The monoisotopic (exact) mass is 360 g/mol. The first-order chi connectivity index (χ1) is 10.9. The molecule has 2 rings (SSSR count). The van der Waals surface area contributed by atoms with E-state index < -0.39 is 12.2 Å². The maximum absolute atomic E-state index is 13.2. The van der Waals surface area contributed by atoms with Gasteiger partial charge in [-0.15, -0.1) is 0 Å². The first kappa shape index (κ1) is 17.6. The largest absolute Gasteiger partial charge is 0.408 e. The van der Waals surface area contributed by atoms with Crippen LogP contribution in [-0.2, 0) is 0 Å². The van der Waals surface area contributed by atoms with E-state index in [2.05, 4.69) is 14.7 Å². The molecule has 0 aliphatic heterocycles. The third-order valence-electron chi connectivity index (χ3n) is 2.72. The van der Waals surface area contributed by atoms with E-state index in [1.54, 1.807) is 0 Å². The van der Waals surface area contributed by atoms with Gasteiger partial charge < -0.3 is 5.73 Å². The lowest BCUT2D eigenvalue weighted by Gasteiger charge is -2.21. The molecular weight excluding hydrogens is 349 g/mol. The van der Waals surface area contributed by atoms with Crippen molar-refractivity contribution in [3.05, 3.63) is 59.3 Å². The van der Waals surface area contributed by atoms with E-state index >= 15 is 0 Å². The third kappa shape index (κ3) is 5.12. The van der Waals surface area contributed by atoms with Gasteiger partial charge in [-0.25, -0.2) is 14.7 Å². The van der Waals surface area contributed by atoms with Crippen molar-refractivity contribution in [2.24, 2.45) is 5.73 Å². The lowest BCUT2D eigenvalue weighted by atomic mass is 10.1. The summed E-state index contributed by atoms with van der Waals surface area (Å²) in [4.78, 5) is 8.36. The maximum atomic E-state index is 13.2. The molecule has 1 aromatic heterocycles. The molecule has 3 N–H and O–H groups in total. The van der Waals surface area contributed by atoms with Gasteiger partial charge in [0.1, 0.15) is 6.04 Å². The van der Waals surface area contributed by atoms with Crippen LogP contribution in [-0.4, -0.2) is 16.1 Å². The van der Waals surface area contributed by atoms with Crippen molar-refractivity contribution in [1.29, 1.82) is 0 Å². The van der Waals surface area contributed by atoms with E-state index in [0.717, 1.165) is 11.9 Å². The molecule has 122 valence electrons. The number of hydrogen-bond acceptors (Lipinski definition) is 5. The smallest absolute Gasteiger partial charge is 0.404 e. The fraction of sp³-hybridized carbons (Fsp3) is 0.143. The van der Waals surface area contributed by atoms with Crippen LogP contribution in [0.1, 0.15) is 17.4 Å². The summed E-state index contributed by atoms with van der Waals surface area (Å²) in [7, 11) is 0. The molecule has 0 aliphatic carbocycles. The number of nitrogens with one attached hydrogen (secondary N) is 1. The first-order valence-corrected chi connectivity index (χ1v) is 7.54. The van der Waals surface area contributed by atoms with Gasteiger partial charge >= 0.3 is 6.18 Å². The molecule has 1 heterocycles. The van der Waals surface area contributed by atoms with Crippen molar-refractivity contribution in [3.63, 3.8) is 0 Å². The second-order valence-corrected chi connectivity index (χ2v) is 5.73. The second kappa shape index (κ2) is 7.67. The maximum Gasteiger partial charge on any atom is 0.408 e. The molecule has 1 atom stereocenters. The zero-order valence-corrected chi connectivity index (χ0v) is 13.2. The van der Waals surface area contributed by atoms with Gasteiger partial charge in [0.2, 0.25) is 0 Å². The van der Waals surface area contributed by atoms with Gasteiger partial charge in [0, 0.05) is 17.4 Å². The molecule has 2 aromatic rings. The highest BCUT2D eigenvalue weighted by atomic mass is 35.5. The van der Waals surface area contributed by atoms with Crippen molar-refractivity contribution < 1.29 is 13.2 Å². The molecule has 0 radical (unpaired) electrons. The standard InChI is InChI=1S/C14H12ClF3N4S/c15-10-3-1-9(2-4-10)13(14(16,17)18)22-23-11-7-20-12(5-6-19)21-8-11/h1-8,13,22H,19H2/b6-5-/t13-/m1/s1. The summed E-state index contributed by atoms with van der Waals surface area (Å²) < 4.78 is 42.0. The minimum atomic E-state index is -4.45. The predicted molar refractivity (Wildman–Crippen MR) is 84.5 cm³/mol. The highest BCUT2D eigenvalue weighted by Gasteiger charge is 2.40. The lowest BCUT2D eigenvalue weighted by molar-refractivity contribution is -0.152. The Morgan fingerprint density at radius 1 is 1.17 bits per heavy atom. The van der Waals surface area contributed by atoms with Crippen LogP contribution in [0.25, 0.3) is 6.08 Å². The van der Waals surface area contributed by atoms with E-state index in [4.69, 9.17) is 17.3 Å². The molecular formula is C14H12ClF3N4S. The average molecular weight is 361 g/mol. The number of alkyl halides is 3. The van der Waals surface area contributed by atoms with Crippen molar-refractivity contribution in [1.82, 2.24) is 14.7 Å². The van der Waals surface area contributed by atoms with Crippen molar-refractivity contribution in [2.45, 2.75) is 17.1 Å². The van der Waals surface area contributed by atoms with Crippen LogP contribution >= 0.6 is 23.5 Å². The summed E-state index contributed by atoms with van der Waals surface area (Å²) in [6.07, 6.45) is 1.13. The number of rotatable bonds is 5. The Morgan fingerprint density at radius 3 is 2.30 bits per heavy atom.